The highest BCUT2D eigenvalue weighted by Gasteiger charge is 2.33. The first-order valence-electron chi connectivity index (χ1n) is 13.6. The number of anilines is 1. The number of carbonyl (C=O) groups is 2. The number of nitrogens with one attached hydrogen (secondary N) is 1. The third-order valence-electron chi connectivity index (χ3n) is 7.02. The average molecular weight is 564 g/mol. The van der Waals surface area contributed by atoms with Crippen LogP contribution in [0.1, 0.15) is 41.7 Å². The number of hydrogen-bond acceptors (Lipinski definition) is 4. The van der Waals surface area contributed by atoms with Gasteiger partial charge < -0.3 is 10.2 Å². The first kappa shape index (κ1) is 30.9. The van der Waals surface area contributed by atoms with Crippen molar-refractivity contribution in [2.24, 2.45) is 5.92 Å². The molecule has 0 saturated carbocycles. The quantitative estimate of drug-likeness (QED) is 0.343. The summed E-state index contributed by atoms with van der Waals surface area (Å²) >= 11 is 0. The minimum atomic E-state index is -3.80. The largest absolute Gasteiger partial charge is 0.354 e. The molecule has 0 aromatic heterocycles. The molecule has 8 heteroatoms. The van der Waals surface area contributed by atoms with E-state index in [0.717, 1.165) is 38.4 Å². The van der Waals surface area contributed by atoms with Gasteiger partial charge in [0.25, 0.3) is 0 Å². The molecule has 0 aliphatic carbocycles. The molecule has 3 rings (SSSR count). The molecule has 1 N–H and O–H groups in total. The lowest BCUT2D eigenvalue weighted by molar-refractivity contribution is -0.140. The second-order valence-corrected chi connectivity index (χ2v) is 12.7. The van der Waals surface area contributed by atoms with Crippen LogP contribution >= 0.6 is 0 Å². The van der Waals surface area contributed by atoms with E-state index in [1.54, 1.807) is 12.1 Å². The topological polar surface area (TPSA) is 86.8 Å². The van der Waals surface area contributed by atoms with E-state index in [-0.39, 0.29) is 18.4 Å². The molecule has 0 heterocycles. The fraction of sp³-hybridized carbons (Fsp3) is 0.375. The van der Waals surface area contributed by atoms with Crippen molar-refractivity contribution in [3.63, 3.8) is 0 Å². The normalized spacial score (nSPS) is 12.2. The summed E-state index contributed by atoms with van der Waals surface area (Å²) in [6.45, 7) is 10.0. The van der Waals surface area contributed by atoms with Crippen molar-refractivity contribution in [2.75, 3.05) is 23.7 Å². The van der Waals surface area contributed by atoms with Crippen molar-refractivity contribution in [3.8, 4) is 0 Å². The Kier molecular flexibility index (Phi) is 10.5. The molecule has 1 atom stereocenters. The van der Waals surface area contributed by atoms with E-state index in [1.807, 2.05) is 95.3 Å². The van der Waals surface area contributed by atoms with Gasteiger partial charge in [-0.2, -0.15) is 0 Å². The summed E-state index contributed by atoms with van der Waals surface area (Å²) < 4.78 is 27.0. The molecule has 0 spiro atoms. The minimum absolute atomic E-state index is 0.169. The number of aryl methyl sites for hydroxylation is 3. The Bertz CT molecular complexity index is 1420. The maximum atomic E-state index is 14.2. The van der Waals surface area contributed by atoms with E-state index in [1.165, 1.54) is 4.90 Å². The standard InChI is InChI=1S/C32H41N3O4S/c1-23(2)20-33-32(37)30(19-27-13-8-7-9-14-27)34(21-28-15-11-10-12-25(28)4)31(36)22-35(40(6,38)39)29-17-16-24(3)26(5)18-29/h7-18,23,30H,19-22H2,1-6H3,(H,33,37)/t30-/m0/s1. The first-order valence-corrected chi connectivity index (χ1v) is 15.4. The van der Waals surface area contributed by atoms with E-state index in [4.69, 9.17) is 0 Å². The van der Waals surface area contributed by atoms with Gasteiger partial charge in [-0.25, -0.2) is 8.42 Å². The summed E-state index contributed by atoms with van der Waals surface area (Å²) in [5.41, 5.74) is 5.14. The van der Waals surface area contributed by atoms with E-state index in [2.05, 4.69) is 5.32 Å². The smallest absolute Gasteiger partial charge is 0.244 e. The molecule has 0 aliphatic heterocycles. The molecule has 0 aliphatic rings. The zero-order valence-corrected chi connectivity index (χ0v) is 25.2. The number of rotatable bonds is 12. The van der Waals surface area contributed by atoms with Gasteiger partial charge in [0.2, 0.25) is 21.8 Å². The predicted molar refractivity (Wildman–Crippen MR) is 162 cm³/mol. The molecule has 0 unspecified atom stereocenters. The summed E-state index contributed by atoms with van der Waals surface area (Å²) in [6, 6.07) is 21.7. The van der Waals surface area contributed by atoms with Crippen LogP contribution < -0.4 is 9.62 Å². The van der Waals surface area contributed by atoms with Crippen LogP contribution in [0.5, 0.6) is 0 Å². The summed E-state index contributed by atoms with van der Waals surface area (Å²) in [5, 5.41) is 3.00. The van der Waals surface area contributed by atoms with Crippen LogP contribution in [-0.4, -0.2) is 50.5 Å². The Balaban J connectivity index is 2.07. The SMILES string of the molecule is Cc1ccc(N(CC(=O)N(Cc2ccccc2C)[C@@H](Cc2ccccc2)C(=O)NCC(C)C)S(C)(=O)=O)cc1C. The van der Waals surface area contributed by atoms with Crippen molar-refractivity contribution >= 4 is 27.5 Å². The van der Waals surface area contributed by atoms with Crippen molar-refractivity contribution < 1.29 is 18.0 Å². The van der Waals surface area contributed by atoms with Crippen molar-refractivity contribution in [1.29, 1.82) is 0 Å². The maximum Gasteiger partial charge on any atom is 0.244 e. The molecule has 0 radical (unpaired) electrons. The van der Waals surface area contributed by atoms with Gasteiger partial charge in [0.05, 0.1) is 11.9 Å². The highest BCUT2D eigenvalue weighted by atomic mass is 32.2. The molecule has 2 amide bonds. The molecular weight excluding hydrogens is 522 g/mol. The van der Waals surface area contributed by atoms with Crippen LogP contribution in [0, 0.1) is 26.7 Å². The summed E-state index contributed by atoms with van der Waals surface area (Å²) in [6.07, 6.45) is 1.39. The number of amides is 2. The Morgan fingerprint density at radius 2 is 1.50 bits per heavy atom. The molecular formula is C32H41N3O4S. The van der Waals surface area contributed by atoms with Crippen LogP contribution in [0.3, 0.4) is 0 Å². The lowest BCUT2D eigenvalue weighted by atomic mass is 10.0. The minimum Gasteiger partial charge on any atom is -0.354 e. The van der Waals surface area contributed by atoms with Gasteiger partial charge in [-0.3, -0.25) is 13.9 Å². The van der Waals surface area contributed by atoms with Crippen molar-refractivity contribution in [1.82, 2.24) is 10.2 Å². The second kappa shape index (κ2) is 13.6. The fourth-order valence-corrected chi connectivity index (χ4v) is 5.28. The fourth-order valence-electron chi connectivity index (χ4n) is 4.44. The zero-order valence-electron chi connectivity index (χ0n) is 24.3. The number of nitrogens with zero attached hydrogens (tertiary/aromatic N) is 2. The van der Waals surface area contributed by atoms with Crippen molar-refractivity contribution in [3.05, 3.63) is 101 Å². The first-order chi connectivity index (χ1) is 18.9. The van der Waals surface area contributed by atoms with Gasteiger partial charge in [-0.1, -0.05) is 74.5 Å². The number of hydrogen-bond donors (Lipinski definition) is 1. The van der Waals surface area contributed by atoms with Crippen LogP contribution in [0.2, 0.25) is 0 Å². The number of benzene rings is 3. The summed E-state index contributed by atoms with van der Waals surface area (Å²) in [5.74, 6) is -0.489. The van der Waals surface area contributed by atoms with Crippen LogP contribution in [0.4, 0.5) is 5.69 Å². The average Bonchev–Trinajstić information content (AvgIpc) is 2.90. The molecule has 0 fully saturated rings. The molecule has 0 saturated heterocycles. The van der Waals surface area contributed by atoms with Gasteiger partial charge in [0, 0.05) is 19.5 Å². The third-order valence-corrected chi connectivity index (χ3v) is 8.16. The van der Waals surface area contributed by atoms with E-state index < -0.39 is 28.5 Å². The van der Waals surface area contributed by atoms with Crippen LogP contribution in [0.25, 0.3) is 0 Å². The zero-order chi connectivity index (χ0) is 29.4. The highest BCUT2D eigenvalue weighted by molar-refractivity contribution is 7.92. The van der Waals surface area contributed by atoms with Crippen LogP contribution in [-0.2, 0) is 32.6 Å². The summed E-state index contributed by atoms with van der Waals surface area (Å²) in [4.78, 5) is 29.4. The number of sulfonamides is 1. The molecule has 0 bridgehead atoms. The molecule has 3 aromatic rings. The second-order valence-electron chi connectivity index (χ2n) is 10.8. The lowest BCUT2D eigenvalue weighted by Gasteiger charge is -2.34. The Morgan fingerprint density at radius 3 is 2.10 bits per heavy atom. The predicted octanol–water partition coefficient (Wildman–Crippen LogP) is 4.79. The molecule has 214 valence electrons. The van der Waals surface area contributed by atoms with Crippen LogP contribution in [0.15, 0.2) is 72.8 Å². The molecule has 7 nitrogen and oxygen atoms in total. The van der Waals surface area contributed by atoms with E-state index in [0.29, 0.717) is 18.7 Å². The molecule has 40 heavy (non-hydrogen) atoms. The van der Waals surface area contributed by atoms with Gasteiger partial charge >= 0.3 is 0 Å². The molecule has 3 aromatic carbocycles. The highest BCUT2D eigenvalue weighted by Crippen LogP contribution is 2.23. The monoisotopic (exact) mass is 563 g/mol. The summed E-state index contributed by atoms with van der Waals surface area (Å²) in [7, 11) is -3.80. The Labute approximate surface area is 239 Å². The van der Waals surface area contributed by atoms with Crippen molar-refractivity contribution in [2.45, 2.75) is 53.6 Å². The van der Waals surface area contributed by atoms with Gasteiger partial charge in [0.1, 0.15) is 12.6 Å². The van der Waals surface area contributed by atoms with Gasteiger partial charge in [0.15, 0.2) is 0 Å². The lowest BCUT2D eigenvalue weighted by Crippen LogP contribution is -2.53. The maximum absolute atomic E-state index is 14.2. The third kappa shape index (κ3) is 8.42. The van der Waals surface area contributed by atoms with Gasteiger partial charge in [-0.05, 0) is 66.6 Å². The Hall–Kier alpha value is -3.65. The number of carbonyl (C=O) groups excluding carboxylic acids is 2. The van der Waals surface area contributed by atoms with Gasteiger partial charge in [-0.15, -0.1) is 0 Å². The van der Waals surface area contributed by atoms with E-state index in [9.17, 15) is 18.0 Å². The Morgan fingerprint density at radius 1 is 0.850 bits per heavy atom. The van der Waals surface area contributed by atoms with E-state index >= 15 is 0 Å².